The van der Waals surface area contributed by atoms with E-state index in [4.69, 9.17) is 0 Å². The predicted octanol–water partition coefficient (Wildman–Crippen LogP) is 1.56. The van der Waals surface area contributed by atoms with Gasteiger partial charge in [-0.1, -0.05) is 6.07 Å². The number of rotatable bonds is 2. The van der Waals surface area contributed by atoms with E-state index in [1.807, 2.05) is 0 Å². The van der Waals surface area contributed by atoms with E-state index in [1.54, 1.807) is 6.07 Å². The van der Waals surface area contributed by atoms with E-state index in [0.29, 0.717) is 5.69 Å². The molecule has 16 heavy (non-hydrogen) atoms. The fourth-order valence-electron chi connectivity index (χ4n) is 1.10. The molecule has 0 unspecified atom stereocenters. The maximum atomic E-state index is 11.9. The highest BCUT2D eigenvalue weighted by atomic mass is 19.4. The second-order valence-corrected chi connectivity index (χ2v) is 2.80. The predicted molar refractivity (Wildman–Crippen MR) is 45.8 cm³/mol. The zero-order valence-electron chi connectivity index (χ0n) is 7.72. The van der Waals surface area contributed by atoms with Gasteiger partial charge in [-0.15, -0.1) is 18.3 Å². The van der Waals surface area contributed by atoms with E-state index < -0.39 is 6.36 Å². The van der Waals surface area contributed by atoms with Gasteiger partial charge >= 0.3 is 6.36 Å². The van der Waals surface area contributed by atoms with Crippen LogP contribution in [0.1, 0.15) is 0 Å². The van der Waals surface area contributed by atoms with Crippen LogP contribution in [-0.2, 0) is 0 Å². The van der Waals surface area contributed by atoms with Gasteiger partial charge in [0.1, 0.15) is 12.1 Å². The van der Waals surface area contributed by atoms with E-state index in [0.717, 1.165) is 0 Å². The summed E-state index contributed by atoms with van der Waals surface area (Å²) in [6, 6.07) is 5.35. The summed E-state index contributed by atoms with van der Waals surface area (Å²) in [6.45, 7) is 0. The largest absolute Gasteiger partial charge is 0.573 e. The first-order valence-corrected chi connectivity index (χ1v) is 4.14. The number of tetrazole rings is 1. The molecule has 0 atom stereocenters. The maximum Gasteiger partial charge on any atom is 0.573 e. The van der Waals surface area contributed by atoms with Gasteiger partial charge in [-0.3, -0.25) is 0 Å². The Morgan fingerprint density at radius 2 is 2.06 bits per heavy atom. The Balaban J connectivity index is 2.27. The minimum Gasteiger partial charge on any atom is -0.406 e. The topological polar surface area (TPSA) is 52.8 Å². The van der Waals surface area contributed by atoms with Crippen molar-refractivity contribution in [3.63, 3.8) is 0 Å². The van der Waals surface area contributed by atoms with Crippen molar-refractivity contribution in [2.24, 2.45) is 0 Å². The summed E-state index contributed by atoms with van der Waals surface area (Å²) in [5.41, 5.74) is 0.381. The highest BCUT2D eigenvalue weighted by Gasteiger charge is 2.31. The fourth-order valence-corrected chi connectivity index (χ4v) is 1.10. The van der Waals surface area contributed by atoms with Crippen LogP contribution in [0, 0.1) is 0 Å². The molecule has 0 radical (unpaired) electrons. The molecule has 2 rings (SSSR count). The van der Waals surface area contributed by atoms with Crippen molar-refractivity contribution in [2.75, 3.05) is 0 Å². The Morgan fingerprint density at radius 1 is 1.25 bits per heavy atom. The van der Waals surface area contributed by atoms with E-state index >= 15 is 0 Å². The second-order valence-electron chi connectivity index (χ2n) is 2.80. The van der Waals surface area contributed by atoms with Gasteiger partial charge in [0.25, 0.3) is 0 Å². The third-order valence-corrected chi connectivity index (χ3v) is 1.66. The lowest BCUT2D eigenvalue weighted by atomic mass is 10.3. The van der Waals surface area contributed by atoms with Gasteiger partial charge in [-0.2, -0.15) is 0 Å². The molecule has 1 aromatic carbocycles. The number of aromatic nitrogens is 4. The Kier molecular flexibility index (Phi) is 2.47. The normalized spacial score (nSPS) is 11.4. The summed E-state index contributed by atoms with van der Waals surface area (Å²) in [6.07, 6.45) is -3.44. The first kappa shape index (κ1) is 10.4. The molecule has 1 aromatic heterocycles. The summed E-state index contributed by atoms with van der Waals surface area (Å²) in [5, 5.41) is 10.3. The second kappa shape index (κ2) is 3.80. The minimum absolute atomic E-state index is 0.319. The number of benzene rings is 1. The van der Waals surface area contributed by atoms with E-state index in [9.17, 15) is 13.2 Å². The average molecular weight is 230 g/mol. The molecule has 1 heterocycles. The van der Waals surface area contributed by atoms with Crippen LogP contribution in [0.2, 0.25) is 0 Å². The molecule has 5 nitrogen and oxygen atoms in total. The molecule has 2 aromatic rings. The lowest BCUT2D eigenvalue weighted by molar-refractivity contribution is -0.274. The van der Waals surface area contributed by atoms with Gasteiger partial charge in [0.2, 0.25) is 0 Å². The van der Waals surface area contributed by atoms with Crippen LogP contribution in [0.15, 0.2) is 30.6 Å². The van der Waals surface area contributed by atoms with E-state index in [2.05, 4.69) is 20.3 Å². The summed E-state index contributed by atoms with van der Waals surface area (Å²) in [4.78, 5) is 0. The fraction of sp³-hybridized carbons (Fsp3) is 0.125. The van der Waals surface area contributed by atoms with Crippen molar-refractivity contribution in [1.29, 1.82) is 0 Å². The van der Waals surface area contributed by atoms with Crippen molar-refractivity contribution >= 4 is 0 Å². The Morgan fingerprint density at radius 3 is 2.69 bits per heavy atom. The number of nitrogens with zero attached hydrogens (tertiary/aromatic N) is 4. The number of halogens is 3. The Labute approximate surface area is 87.4 Å². The molecule has 0 saturated carbocycles. The van der Waals surface area contributed by atoms with Crippen LogP contribution in [-0.4, -0.2) is 26.6 Å². The molecule has 0 fully saturated rings. The average Bonchev–Trinajstić information content (AvgIpc) is 2.68. The minimum atomic E-state index is -4.71. The number of ether oxygens (including phenoxy) is 1. The zero-order chi connectivity index (χ0) is 11.6. The van der Waals surface area contributed by atoms with Gasteiger partial charge in [-0.05, 0) is 22.6 Å². The molecule has 0 aliphatic carbocycles. The van der Waals surface area contributed by atoms with Crippen molar-refractivity contribution in [1.82, 2.24) is 20.2 Å². The summed E-state index contributed by atoms with van der Waals surface area (Å²) in [7, 11) is 0. The molecule has 0 saturated heterocycles. The van der Waals surface area contributed by atoms with Crippen LogP contribution in [0.4, 0.5) is 13.2 Å². The SMILES string of the molecule is FC(F)(F)Oc1cccc(-n2cnnn2)c1. The molecular formula is C8H5F3N4O. The highest BCUT2D eigenvalue weighted by Crippen LogP contribution is 2.24. The monoisotopic (exact) mass is 230 g/mol. The first-order chi connectivity index (χ1) is 7.54. The Bertz CT molecular complexity index is 468. The third kappa shape index (κ3) is 2.47. The lowest BCUT2D eigenvalue weighted by Gasteiger charge is -2.09. The molecule has 0 amide bonds. The van der Waals surface area contributed by atoms with Crippen LogP contribution in [0.5, 0.6) is 5.75 Å². The number of hydrogen-bond donors (Lipinski definition) is 0. The maximum absolute atomic E-state index is 11.9. The molecule has 0 spiro atoms. The van der Waals surface area contributed by atoms with Crippen LogP contribution >= 0.6 is 0 Å². The van der Waals surface area contributed by atoms with E-state index in [-0.39, 0.29) is 5.75 Å². The van der Waals surface area contributed by atoms with Crippen molar-refractivity contribution in [3.05, 3.63) is 30.6 Å². The molecule has 0 bridgehead atoms. The molecule has 84 valence electrons. The van der Waals surface area contributed by atoms with Gasteiger partial charge in [0.15, 0.2) is 0 Å². The smallest absolute Gasteiger partial charge is 0.406 e. The molecule has 0 N–H and O–H groups in total. The Hall–Kier alpha value is -2.12. The highest BCUT2D eigenvalue weighted by molar-refractivity contribution is 5.38. The lowest BCUT2D eigenvalue weighted by Crippen LogP contribution is -2.17. The first-order valence-electron chi connectivity index (χ1n) is 4.14. The van der Waals surface area contributed by atoms with Crippen molar-refractivity contribution in [2.45, 2.75) is 6.36 Å². The number of alkyl halides is 3. The quantitative estimate of drug-likeness (QED) is 0.785. The van der Waals surface area contributed by atoms with Gasteiger partial charge in [0.05, 0.1) is 5.69 Å². The third-order valence-electron chi connectivity index (χ3n) is 1.66. The van der Waals surface area contributed by atoms with Crippen molar-refractivity contribution < 1.29 is 17.9 Å². The molecule has 8 heteroatoms. The standard InChI is InChI=1S/C8H5F3N4O/c9-8(10,11)16-7-3-1-2-6(4-7)15-5-12-13-14-15/h1-5H. The number of hydrogen-bond acceptors (Lipinski definition) is 4. The van der Waals surface area contributed by atoms with Crippen molar-refractivity contribution in [3.8, 4) is 11.4 Å². The van der Waals surface area contributed by atoms with Crippen LogP contribution in [0.3, 0.4) is 0 Å². The van der Waals surface area contributed by atoms with Crippen LogP contribution in [0.25, 0.3) is 5.69 Å². The van der Waals surface area contributed by atoms with Crippen LogP contribution < -0.4 is 4.74 Å². The van der Waals surface area contributed by atoms with Gasteiger partial charge < -0.3 is 4.74 Å². The summed E-state index contributed by atoms with van der Waals surface area (Å²) < 4.78 is 40.8. The molecule has 0 aliphatic rings. The summed E-state index contributed by atoms with van der Waals surface area (Å²) >= 11 is 0. The molecule has 0 aliphatic heterocycles. The van der Waals surface area contributed by atoms with E-state index in [1.165, 1.54) is 29.2 Å². The molecular weight excluding hydrogens is 225 g/mol. The zero-order valence-corrected chi connectivity index (χ0v) is 7.72. The summed E-state index contributed by atoms with van der Waals surface area (Å²) in [5.74, 6) is -0.319. The van der Waals surface area contributed by atoms with Gasteiger partial charge in [-0.25, -0.2) is 4.68 Å². The van der Waals surface area contributed by atoms with Gasteiger partial charge in [0, 0.05) is 6.07 Å².